The molecule has 0 amide bonds. The van der Waals surface area contributed by atoms with Crippen molar-refractivity contribution in [1.82, 2.24) is 4.57 Å². The van der Waals surface area contributed by atoms with Gasteiger partial charge in [0.2, 0.25) is 0 Å². The molecule has 0 saturated heterocycles. The van der Waals surface area contributed by atoms with Crippen molar-refractivity contribution < 1.29 is 19.4 Å². The van der Waals surface area contributed by atoms with Gasteiger partial charge in [0.05, 0.1) is 18.5 Å². The highest BCUT2D eigenvalue weighted by molar-refractivity contribution is 6.04. The molecule has 0 radical (unpaired) electrons. The molecule has 4 aromatic rings. The number of nitrogens with zero attached hydrogens (tertiary/aromatic N) is 1. The van der Waals surface area contributed by atoms with Gasteiger partial charge in [0.15, 0.2) is 0 Å². The maximum atomic E-state index is 13.2. The quantitative estimate of drug-likeness (QED) is 0.424. The van der Waals surface area contributed by atoms with Crippen LogP contribution in [0.2, 0.25) is 0 Å². The lowest BCUT2D eigenvalue weighted by molar-refractivity contribution is -0.136. The third kappa shape index (κ3) is 4.49. The van der Waals surface area contributed by atoms with Gasteiger partial charge in [-0.05, 0) is 66.6 Å². The van der Waals surface area contributed by atoms with Crippen LogP contribution in [-0.4, -0.2) is 28.2 Å². The van der Waals surface area contributed by atoms with E-state index in [4.69, 9.17) is 15.6 Å². The van der Waals surface area contributed by atoms with Gasteiger partial charge in [0.1, 0.15) is 5.75 Å². The molecule has 3 N–H and O–H groups in total. The number of nitrogens with two attached hydrogens (primary N) is 1. The van der Waals surface area contributed by atoms with E-state index < -0.39 is 5.97 Å². The standard InChI is InChI=1S/C26H24N2O4/c1-17-14-23-20(16-25(29)30)5-3-7-24(23)28(17)26(31)19-8-10-22(11-9-19)32-13-12-18-4-2-6-21(27)15-18/h2-11,14-15H,12-13,16,27H2,1H3,(H,29,30). The third-order valence-corrected chi connectivity index (χ3v) is 5.38. The molecule has 0 spiro atoms. The summed E-state index contributed by atoms with van der Waals surface area (Å²) < 4.78 is 7.43. The molecule has 0 aliphatic rings. The van der Waals surface area contributed by atoms with Gasteiger partial charge in [-0.3, -0.25) is 14.2 Å². The maximum absolute atomic E-state index is 13.2. The Morgan fingerprint density at radius 1 is 1.00 bits per heavy atom. The van der Waals surface area contributed by atoms with Crippen molar-refractivity contribution in [3.8, 4) is 5.75 Å². The number of carboxylic acids is 1. The Morgan fingerprint density at radius 2 is 1.75 bits per heavy atom. The average molecular weight is 428 g/mol. The van der Waals surface area contributed by atoms with Crippen molar-refractivity contribution in [2.45, 2.75) is 19.8 Å². The van der Waals surface area contributed by atoms with Crippen LogP contribution in [0.4, 0.5) is 5.69 Å². The highest BCUT2D eigenvalue weighted by Gasteiger charge is 2.17. The minimum atomic E-state index is -0.902. The number of rotatable bonds is 7. The van der Waals surface area contributed by atoms with E-state index in [0.717, 1.165) is 28.8 Å². The maximum Gasteiger partial charge on any atom is 0.307 e. The zero-order chi connectivity index (χ0) is 22.7. The van der Waals surface area contributed by atoms with Gasteiger partial charge in [0.25, 0.3) is 5.91 Å². The van der Waals surface area contributed by atoms with E-state index in [2.05, 4.69) is 0 Å². The van der Waals surface area contributed by atoms with Crippen LogP contribution in [0.25, 0.3) is 10.9 Å². The van der Waals surface area contributed by atoms with Crippen molar-refractivity contribution in [2.24, 2.45) is 0 Å². The molecule has 0 aliphatic heterocycles. The van der Waals surface area contributed by atoms with E-state index >= 15 is 0 Å². The number of benzene rings is 3. The molecule has 6 heteroatoms. The van der Waals surface area contributed by atoms with E-state index in [0.29, 0.717) is 29.0 Å². The molecule has 0 aliphatic carbocycles. The van der Waals surface area contributed by atoms with Crippen molar-refractivity contribution in [2.75, 3.05) is 12.3 Å². The fraction of sp³-hybridized carbons (Fsp3) is 0.154. The van der Waals surface area contributed by atoms with Crippen LogP contribution in [0.1, 0.15) is 27.2 Å². The summed E-state index contributed by atoms with van der Waals surface area (Å²) in [5, 5.41) is 9.94. The minimum absolute atomic E-state index is 0.0867. The van der Waals surface area contributed by atoms with E-state index in [9.17, 15) is 9.59 Å². The first kappa shape index (κ1) is 21.2. The Hall–Kier alpha value is -4.06. The van der Waals surface area contributed by atoms with Crippen molar-refractivity contribution in [3.63, 3.8) is 0 Å². The molecule has 0 bridgehead atoms. The second-order valence-corrected chi connectivity index (χ2v) is 7.71. The number of ether oxygens (including phenoxy) is 1. The van der Waals surface area contributed by atoms with Gasteiger partial charge in [-0.25, -0.2) is 0 Å². The number of carboxylic acid groups (broad SMARTS) is 1. The molecule has 1 heterocycles. The number of hydrogen-bond acceptors (Lipinski definition) is 4. The zero-order valence-electron chi connectivity index (χ0n) is 17.7. The predicted octanol–water partition coefficient (Wildman–Crippen LogP) is 4.47. The molecule has 4 rings (SSSR count). The Bertz CT molecular complexity index is 1290. The normalized spacial score (nSPS) is 10.9. The van der Waals surface area contributed by atoms with Crippen molar-refractivity contribution in [3.05, 3.63) is 95.2 Å². The Labute approximate surface area is 185 Å². The van der Waals surface area contributed by atoms with Gasteiger partial charge in [-0.2, -0.15) is 0 Å². The number of fused-ring (bicyclic) bond motifs is 1. The van der Waals surface area contributed by atoms with E-state index in [1.807, 2.05) is 43.3 Å². The Balaban J connectivity index is 1.49. The van der Waals surface area contributed by atoms with E-state index in [-0.39, 0.29) is 12.3 Å². The highest BCUT2D eigenvalue weighted by Crippen LogP contribution is 2.25. The Morgan fingerprint density at radius 3 is 2.47 bits per heavy atom. The summed E-state index contributed by atoms with van der Waals surface area (Å²) in [5.41, 5.74) is 10.3. The number of hydrogen-bond donors (Lipinski definition) is 2. The van der Waals surface area contributed by atoms with Gasteiger partial charge < -0.3 is 15.6 Å². The summed E-state index contributed by atoms with van der Waals surface area (Å²) in [5.74, 6) is -0.389. The average Bonchev–Trinajstić information content (AvgIpc) is 3.10. The second kappa shape index (κ2) is 8.98. The molecule has 1 aromatic heterocycles. The summed E-state index contributed by atoms with van der Waals surface area (Å²) in [6, 6.07) is 22.0. The first-order chi connectivity index (χ1) is 15.4. The van der Waals surface area contributed by atoms with Gasteiger partial charge in [0, 0.05) is 28.8 Å². The monoisotopic (exact) mass is 428 g/mol. The smallest absolute Gasteiger partial charge is 0.307 e. The lowest BCUT2D eigenvalue weighted by atomic mass is 10.1. The molecule has 32 heavy (non-hydrogen) atoms. The number of nitrogen functional groups attached to an aromatic ring is 1. The third-order valence-electron chi connectivity index (χ3n) is 5.38. The first-order valence-corrected chi connectivity index (χ1v) is 10.4. The summed E-state index contributed by atoms with van der Waals surface area (Å²) >= 11 is 0. The lowest BCUT2D eigenvalue weighted by Crippen LogP contribution is -2.13. The molecule has 3 aromatic carbocycles. The second-order valence-electron chi connectivity index (χ2n) is 7.71. The largest absolute Gasteiger partial charge is 0.493 e. The topological polar surface area (TPSA) is 94.5 Å². The van der Waals surface area contributed by atoms with Crippen LogP contribution in [-0.2, 0) is 17.6 Å². The highest BCUT2D eigenvalue weighted by atomic mass is 16.5. The molecule has 0 saturated carbocycles. The van der Waals surface area contributed by atoms with Gasteiger partial charge >= 0.3 is 5.97 Å². The summed E-state index contributed by atoms with van der Waals surface area (Å²) in [6.45, 7) is 2.35. The molecule has 0 fully saturated rings. The molecule has 0 atom stereocenters. The summed E-state index contributed by atoms with van der Waals surface area (Å²) in [7, 11) is 0. The first-order valence-electron chi connectivity index (χ1n) is 10.4. The summed E-state index contributed by atoms with van der Waals surface area (Å²) in [4.78, 5) is 24.4. The molecule has 162 valence electrons. The lowest BCUT2D eigenvalue weighted by Gasteiger charge is -2.10. The number of carbonyl (C=O) groups is 2. The zero-order valence-corrected chi connectivity index (χ0v) is 17.7. The fourth-order valence-electron chi connectivity index (χ4n) is 3.87. The van der Waals surface area contributed by atoms with Crippen LogP contribution in [0, 0.1) is 6.92 Å². The fourth-order valence-corrected chi connectivity index (χ4v) is 3.87. The van der Waals surface area contributed by atoms with Crippen LogP contribution >= 0.6 is 0 Å². The van der Waals surface area contributed by atoms with Crippen LogP contribution in [0.15, 0.2) is 72.8 Å². The molecular weight excluding hydrogens is 404 g/mol. The number of aliphatic carboxylic acids is 1. The SMILES string of the molecule is Cc1cc2c(CC(=O)O)cccc2n1C(=O)c1ccc(OCCc2cccc(N)c2)cc1. The molecular formula is C26H24N2O4. The van der Waals surface area contributed by atoms with Crippen LogP contribution in [0.3, 0.4) is 0 Å². The van der Waals surface area contributed by atoms with Crippen molar-refractivity contribution >= 4 is 28.5 Å². The predicted molar refractivity (Wildman–Crippen MR) is 124 cm³/mol. The summed E-state index contributed by atoms with van der Waals surface area (Å²) in [6.07, 6.45) is 0.648. The number of anilines is 1. The minimum Gasteiger partial charge on any atom is -0.493 e. The van der Waals surface area contributed by atoms with E-state index in [1.54, 1.807) is 41.0 Å². The number of aryl methyl sites for hydroxylation is 1. The number of carbonyl (C=O) groups excluding carboxylic acids is 1. The van der Waals surface area contributed by atoms with Crippen LogP contribution in [0.5, 0.6) is 5.75 Å². The van der Waals surface area contributed by atoms with Gasteiger partial charge in [-0.15, -0.1) is 0 Å². The number of aromatic nitrogens is 1. The van der Waals surface area contributed by atoms with E-state index in [1.165, 1.54) is 0 Å². The van der Waals surface area contributed by atoms with Crippen LogP contribution < -0.4 is 10.5 Å². The molecule has 0 unspecified atom stereocenters. The molecule has 6 nitrogen and oxygen atoms in total. The van der Waals surface area contributed by atoms with Gasteiger partial charge in [-0.1, -0.05) is 24.3 Å². The Kier molecular flexibility index (Phi) is 5.94. The van der Waals surface area contributed by atoms with Crippen molar-refractivity contribution in [1.29, 1.82) is 0 Å².